The van der Waals surface area contributed by atoms with Crippen LogP contribution in [0, 0.1) is 0 Å². The number of carbonyl (C=O) groups is 1. The van der Waals surface area contributed by atoms with Crippen molar-refractivity contribution in [1.82, 2.24) is 19.7 Å². The fraction of sp³-hybridized carbons (Fsp3) is 0.444. The number of hydrogen-bond donors (Lipinski definition) is 3. The highest BCUT2D eigenvalue weighted by molar-refractivity contribution is 5.81. The minimum atomic E-state index is -4.29. The summed E-state index contributed by atoms with van der Waals surface area (Å²) in [6.45, 7) is 6.68. The highest BCUT2D eigenvalue weighted by Gasteiger charge is 2.35. The first-order valence-electron chi connectivity index (χ1n) is 8.87. The van der Waals surface area contributed by atoms with Crippen LogP contribution in [0.5, 0.6) is 0 Å². The summed E-state index contributed by atoms with van der Waals surface area (Å²) in [5, 5.41) is 7.07. The summed E-state index contributed by atoms with van der Waals surface area (Å²) in [7, 11) is 1.58. The molecule has 0 aliphatic heterocycles. The lowest BCUT2D eigenvalue weighted by Gasteiger charge is -2.26. The van der Waals surface area contributed by atoms with Gasteiger partial charge in [-0.1, -0.05) is 13.5 Å². The molecule has 8 nitrogen and oxygen atoms in total. The van der Waals surface area contributed by atoms with Crippen molar-refractivity contribution in [3.05, 3.63) is 29.6 Å². The lowest BCUT2D eigenvalue weighted by Crippen LogP contribution is -2.33. The van der Waals surface area contributed by atoms with Crippen LogP contribution in [0.15, 0.2) is 18.3 Å². The minimum Gasteiger partial charge on any atom is -0.401 e. The van der Waals surface area contributed by atoms with Crippen LogP contribution in [-0.2, 0) is 23.2 Å². The van der Waals surface area contributed by atoms with Gasteiger partial charge in [-0.15, -0.1) is 0 Å². The second-order valence-corrected chi connectivity index (χ2v) is 6.71. The van der Waals surface area contributed by atoms with Crippen LogP contribution in [0.3, 0.4) is 0 Å². The second-order valence-electron chi connectivity index (χ2n) is 6.71. The number of alkyl halides is 3. The first-order chi connectivity index (χ1) is 13.5. The Morgan fingerprint density at radius 3 is 2.52 bits per heavy atom. The fourth-order valence-corrected chi connectivity index (χ4v) is 2.86. The average Bonchev–Trinajstić information content (AvgIpc) is 3.07. The number of nitrogens with one attached hydrogen (secondary N) is 1. The van der Waals surface area contributed by atoms with Crippen LogP contribution in [0.25, 0.3) is 11.5 Å². The van der Waals surface area contributed by atoms with Crippen molar-refractivity contribution in [1.29, 1.82) is 0 Å². The standard InChI is InChI=1S/C18H24F3N7O/c1-5-11-8-12(27-28(11)7-6-18(19,20)21)15-25-14(23)13(16(24-4)26-15)17(3,9-29)10(2)22/h8-9H,2,5-7,22H2,1,3-4H3,(H3,23,24,25,26). The van der Waals surface area contributed by atoms with E-state index < -0.39 is 18.0 Å². The second kappa shape index (κ2) is 8.10. The average molecular weight is 411 g/mol. The number of carbonyl (C=O) groups excluding carboxylic acids is 1. The normalized spacial score (nSPS) is 13.7. The summed E-state index contributed by atoms with van der Waals surface area (Å²) < 4.78 is 39.0. The van der Waals surface area contributed by atoms with Gasteiger partial charge in [-0.3, -0.25) is 4.68 Å². The topological polar surface area (TPSA) is 125 Å². The number of rotatable bonds is 8. The van der Waals surface area contributed by atoms with Crippen LogP contribution in [-0.4, -0.2) is 39.3 Å². The van der Waals surface area contributed by atoms with Crippen LogP contribution in [0.2, 0.25) is 0 Å². The van der Waals surface area contributed by atoms with Gasteiger partial charge in [0.1, 0.15) is 23.6 Å². The van der Waals surface area contributed by atoms with Gasteiger partial charge in [0.2, 0.25) is 0 Å². The minimum absolute atomic E-state index is 0.0107. The highest BCUT2D eigenvalue weighted by Crippen LogP contribution is 2.36. The van der Waals surface area contributed by atoms with E-state index in [0.717, 1.165) is 0 Å². The largest absolute Gasteiger partial charge is 0.401 e. The third-order valence-electron chi connectivity index (χ3n) is 4.66. The number of allylic oxidation sites excluding steroid dienone is 1. The Bertz CT molecular complexity index is 923. The Hall–Kier alpha value is -3.11. The third-order valence-corrected chi connectivity index (χ3v) is 4.66. The zero-order chi connectivity index (χ0) is 22.0. The van der Waals surface area contributed by atoms with E-state index in [0.29, 0.717) is 18.4 Å². The first-order valence-corrected chi connectivity index (χ1v) is 8.87. The van der Waals surface area contributed by atoms with Gasteiger partial charge < -0.3 is 21.6 Å². The molecule has 0 aliphatic carbocycles. The molecule has 0 fully saturated rings. The molecule has 0 aliphatic rings. The number of aromatic nitrogens is 4. The smallest absolute Gasteiger partial charge is 0.390 e. The number of anilines is 2. The van der Waals surface area contributed by atoms with Crippen molar-refractivity contribution in [2.45, 2.75) is 44.8 Å². The van der Waals surface area contributed by atoms with Gasteiger partial charge in [-0.2, -0.15) is 18.3 Å². The first kappa shape index (κ1) is 22.2. The molecular formula is C18H24F3N7O. The van der Waals surface area contributed by atoms with Crippen molar-refractivity contribution in [3.63, 3.8) is 0 Å². The molecule has 0 aromatic carbocycles. The SMILES string of the molecule is C=C(N)C(C)(C=O)c1c(N)nc(-c2cc(CC)n(CCC(F)(F)F)n2)nc1NC. The number of aldehydes is 1. The summed E-state index contributed by atoms with van der Waals surface area (Å²) in [5.74, 6) is 0.354. The Kier molecular flexibility index (Phi) is 6.19. The highest BCUT2D eigenvalue weighted by atomic mass is 19.4. The van der Waals surface area contributed by atoms with Gasteiger partial charge in [0.05, 0.1) is 17.4 Å². The Balaban J connectivity index is 2.54. The summed E-state index contributed by atoms with van der Waals surface area (Å²) in [4.78, 5) is 20.3. The number of aryl methyl sites for hydroxylation is 2. The van der Waals surface area contributed by atoms with E-state index in [2.05, 4.69) is 27.0 Å². The molecule has 158 valence electrons. The Morgan fingerprint density at radius 2 is 2.03 bits per heavy atom. The molecule has 0 amide bonds. The van der Waals surface area contributed by atoms with Crippen molar-refractivity contribution in [2.24, 2.45) is 5.73 Å². The van der Waals surface area contributed by atoms with Gasteiger partial charge >= 0.3 is 6.18 Å². The predicted molar refractivity (Wildman–Crippen MR) is 104 cm³/mol. The Labute approximate surface area is 166 Å². The maximum atomic E-state index is 12.6. The van der Waals surface area contributed by atoms with Crippen LogP contribution in [0.1, 0.15) is 31.5 Å². The third kappa shape index (κ3) is 4.49. The van der Waals surface area contributed by atoms with Gasteiger partial charge in [-0.05, 0) is 19.4 Å². The maximum absolute atomic E-state index is 12.6. The summed E-state index contributed by atoms with van der Waals surface area (Å²) in [6.07, 6.45) is -4.20. The van der Waals surface area contributed by atoms with E-state index in [-0.39, 0.29) is 41.0 Å². The van der Waals surface area contributed by atoms with Crippen molar-refractivity contribution in [3.8, 4) is 11.5 Å². The number of nitrogens with two attached hydrogens (primary N) is 2. The summed E-state index contributed by atoms with van der Waals surface area (Å²) in [6, 6.07) is 1.62. The maximum Gasteiger partial charge on any atom is 0.390 e. The molecule has 5 N–H and O–H groups in total. The van der Waals surface area contributed by atoms with Gasteiger partial charge in [0.15, 0.2) is 5.82 Å². The molecular weight excluding hydrogens is 387 g/mol. The quantitative estimate of drug-likeness (QED) is 0.570. The molecule has 2 rings (SSSR count). The number of nitrogen functional groups attached to an aromatic ring is 1. The zero-order valence-electron chi connectivity index (χ0n) is 16.5. The van der Waals surface area contributed by atoms with E-state index in [1.807, 2.05) is 6.92 Å². The molecule has 2 heterocycles. The molecule has 0 radical (unpaired) electrons. The zero-order valence-corrected chi connectivity index (χ0v) is 16.5. The molecule has 1 atom stereocenters. The number of nitrogens with zero attached hydrogens (tertiary/aromatic N) is 4. The fourth-order valence-electron chi connectivity index (χ4n) is 2.86. The lowest BCUT2D eigenvalue weighted by atomic mass is 9.81. The van der Waals surface area contributed by atoms with Crippen LogP contribution in [0.4, 0.5) is 24.8 Å². The molecule has 1 unspecified atom stereocenters. The van der Waals surface area contributed by atoms with E-state index in [4.69, 9.17) is 11.5 Å². The summed E-state index contributed by atoms with van der Waals surface area (Å²) >= 11 is 0. The molecule has 11 heteroatoms. The Morgan fingerprint density at radius 1 is 1.38 bits per heavy atom. The van der Waals surface area contributed by atoms with E-state index in [9.17, 15) is 18.0 Å². The molecule has 0 saturated heterocycles. The van der Waals surface area contributed by atoms with Crippen molar-refractivity contribution < 1.29 is 18.0 Å². The monoisotopic (exact) mass is 411 g/mol. The van der Waals surface area contributed by atoms with E-state index in [1.165, 1.54) is 4.68 Å². The summed E-state index contributed by atoms with van der Waals surface area (Å²) in [5.41, 5.74) is 11.8. The molecule has 29 heavy (non-hydrogen) atoms. The molecule has 0 spiro atoms. The molecule has 2 aromatic heterocycles. The van der Waals surface area contributed by atoms with Crippen molar-refractivity contribution in [2.75, 3.05) is 18.1 Å². The number of hydrogen-bond acceptors (Lipinski definition) is 7. The number of halogens is 3. The van der Waals surface area contributed by atoms with E-state index >= 15 is 0 Å². The van der Waals surface area contributed by atoms with Crippen molar-refractivity contribution >= 4 is 17.9 Å². The molecule has 0 bridgehead atoms. The molecule has 2 aromatic rings. The van der Waals surface area contributed by atoms with Gasteiger partial charge in [-0.25, -0.2) is 9.97 Å². The molecule has 0 saturated carbocycles. The van der Waals surface area contributed by atoms with Gasteiger partial charge in [0.25, 0.3) is 0 Å². The van der Waals surface area contributed by atoms with E-state index in [1.54, 1.807) is 20.0 Å². The van der Waals surface area contributed by atoms with Crippen LogP contribution < -0.4 is 16.8 Å². The predicted octanol–water partition coefficient (Wildman–Crippen LogP) is 2.41. The lowest BCUT2D eigenvalue weighted by molar-refractivity contribution is -0.137. The van der Waals surface area contributed by atoms with Gasteiger partial charge in [0, 0.05) is 25.0 Å². The van der Waals surface area contributed by atoms with Crippen LogP contribution >= 0.6 is 0 Å².